The standard InChI is InChI=1S/C6H3F2NO2S/c7-3-2-6(12)4(8)1-5(3)9(10)11/h1-2,12H. The Hall–Kier alpha value is -1.17. The van der Waals surface area contributed by atoms with Gasteiger partial charge in [0.05, 0.1) is 11.0 Å². The molecule has 0 saturated heterocycles. The lowest BCUT2D eigenvalue weighted by Crippen LogP contribution is -1.94. The van der Waals surface area contributed by atoms with Gasteiger partial charge in [0, 0.05) is 4.90 Å². The molecule has 0 atom stereocenters. The van der Waals surface area contributed by atoms with Gasteiger partial charge in [-0.15, -0.1) is 12.6 Å². The molecule has 0 aromatic heterocycles. The lowest BCUT2D eigenvalue weighted by molar-refractivity contribution is -0.387. The van der Waals surface area contributed by atoms with Crippen LogP contribution in [0.1, 0.15) is 0 Å². The molecule has 0 heterocycles. The molecule has 12 heavy (non-hydrogen) atoms. The summed E-state index contributed by atoms with van der Waals surface area (Å²) >= 11 is 3.55. The van der Waals surface area contributed by atoms with Crippen molar-refractivity contribution >= 4 is 18.3 Å². The summed E-state index contributed by atoms with van der Waals surface area (Å²) in [5.74, 6) is -2.00. The highest BCUT2D eigenvalue weighted by atomic mass is 32.1. The molecule has 0 aliphatic rings. The summed E-state index contributed by atoms with van der Waals surface area (Å²) in [6.45, 7) is 0. The number of hydrogen-bond acceptors (Lipinski definition) is 3. The predicted octanol–water partition coefficient (Wildman–Crippen LogP) is 2.16. The Morgan fingerprint density at radius 3 is 2.42 bits per heavy atom. The number of nitro groups is 1. The van der Waals surface area contributed by atoms with Gasteiger partial charge in [0.25, 0.3) is 0 Å². The number of nitro benzene ring substituents is 1. The Morgan fingerprint density at radius 2 is 1.92 bits per heavy atom. The average Bonchev–Trinajstić information content (AvgIpc) is 1.96. The molecule has 0 spiro atoms. The zero-order valence-corrected chi connectivity index (χ0v) is 6.52. The highest BCUT2D eigenvalue weighted by molar-refractivity contribution is 7.80. The normalized spacial score (nSPS) is 9.92. The van der Waals surface area contributed by atoms with Crippen molar-refractivity contribution in [2.45, 2.75) is 4.90 Å². The topological polar surface area (TPSA) is 43.1 Å². The van der Waals surface area contributed by atoms with Crippen molar-refractivity contribution in [3.63, 3.8) is 0 Å². The summed E-state index contributed by atoms with van der Waals surface area (Å²) in [6, 6.07) is 1.16. The minimum atomic E-state index is -1.09. The Balaban J connectivity index is 3.33. The molecule has 0 amide bonds. The summed E-state index contributed by atoms with van der Waals surface area (Å²) in [5, 5.41) is 10.1. The molecule has 3 nitrogen and oxygen atoms in total. The minimum Gasteiger partial charge on any atom is -0.258 e. The quantitative estimate of drug-likeness (QED) is 0.420. The molecule has 1 rings (SSSR count). The summed E-state index contributed by atoms with van der Waals surface area (Å²) in [4.78, 5) is 8.81. The highest BCUT2D eigenvalue weighted by Gasteiger charge is 2.16. The van der Waals surface area contributed by atoms with E-state index in [1.165, 1.54) is 0 Å². The Bertz CT molecular complexity index is 343. The van der Waals surface area contributed by atoms with Gasteiger partial charge in [-0.05, 0) is 6.07 Å². The van der Waals surface area contributed by atoms with E-state index in [0.717, 1.165) is 0 Å². The molecule has 0 aliphatic heterocycles. The smallest absolute Gasteiger partial charge is 0.258 e. The van der Waals surface area contributed by atoms with Crippen LogP contribution < -0.4 is 0 Å². The predicted molar refractivity (Wildman–Crippen MR) is 40.3 cm³/mol. The van der Waals surface area contributed by atoms with Gasteiger partial charge in [0.2, 0.25) is 5.82 Å². The second kappa shape index (κ2) is 3.06. The number of hydrogen-bond donors (Lipinski definition) is 1. The molecule has 6 heteroatoms. The molecule has 64 valence electrons. The van der Waals surface area contributed by atoms with E-state index in [0.29, 0.717) is 12.1 Å². The molecule has 0 radical (unpaired) electrons. The third kappa shape index (κ3) is 1.53. The number of benzene rings is 1. The van der Waals surface area contributed by atoms with Crippen molar-refractivity contribution in [3.8, 4) is 0 Å². The summed E-state index contributed by atoms with van der Waals surface area (Å²) < 4.78 is 25.2. The second-order valence-corrected chi connectivity index (χ2v) is 2.49. The van der Waals surface area contributed by atoms with Crippen molar-refractivity contribution < 1.29 is 13.7 Å². The number of nitrogens with zero attached hydrogens (tertiary/aromatic N) is 1. The van der Waals surface area contributed by atoms with Crippen LogP contribution >= 0.6 is 12.6 Å². The van der Waals surface area contributed by atoms with Gasteiger partial charge in [-0.3, -0.25) is 10.1 Å². The van der Waals surface area contributed by atoms with Crippen LogP contribution in [-0.2, 0) is 0 Å². The first kappa shape index (κ1) is 8.92. The van der Waals surface area contributed by atoms with Crippen molar-refractivity contribution in [2.24, 2.45) is 0 Å². The van der Waals surface area contributed by atoms with Gasteiger partial charge in [0.15, 0.2) is 0 Å². The largest absolute Gasteiger partial charge is 0.307 e. The van der Waals surface area contributed by atoms with Crippen LogP contribution in [0.4, 0.5) is 14.5 Å². The first-order valence-corrected chi connectivity index (χ1v) is 3.29. The molecule has 1 aromatic rings. The second-order valence-electron chi connectivity index (χ2n) is 2.01. The van der Waals surface area contributed by atoms with Crippen LogP contribution in [0, 0.1) is 21.7 Å². The van der Waals surface area contributed by atoms with Crippen LogP contribution in [-0.4, -0.2) is 4.92 Å². The Kier molecular flexibility index (Phi) is 2.27. The van der Waals surface area contributed by atoms with Crippen molar-refractivity contribution in [2.75, 3.05) is 0 Å². The number of rotatable bonds is 1. The Labute approximate surface area is 71.6 Å². The van der Waals surface area contributed by atoms with Gasteiger partial charge >= 0.3 is 5.69 Å². The third-order valence-corrected chi connectivity index (χ3v) is 1.56. The first-order valence-electron chi connectivity index (χ1n) is 2.85. The van der Waals surface area contributed by atoms with E-state index in [4.69, 9.17) is 0 Å². The molecule has 0 fully saturated rings. The maximum Gasteiger partial charge on any atom is 0.307 e. The molecule has 1 aromatic carbocycles. The molecule has 0 unspecified atom stereocenters. The summed E-state index contributed by atoms with van der Waals surface area (Å²) in [7, 11) is 0. The first-order chi connectivity index (χ1) is 5.52. The molecule has 0 N–H and O–H groups in total. The lowest BCUT2D eigenvalue weighted by atomic mass is 10.3. The van der Waals surface area contributed by atoms with E-state index in [1.807, 2.05) is 0 Å². The zero-order valence-electron chi connectivity index (χ0n) is 5.62. The summed E-state index contributed by atoms with van der Waals surface area (Å²) in [6.07, 6.45) is 0. The zero-order chi connectivity index (χ0) is 9.30. The molecule has 0 bridgehead atoms. The van der Waals surface area contributed by atoms with Crippen molar-refractivity contribution in [1.82, 2.24) is 0 Å². The van der Waals surface area contributed by atoms with Crippen LogP contribution in [0.3, 0.4) is 0 Å². The monoisotopic (exact) mass is 191 g/mol. The van der Waals surface area contributed by atoms with E-state index in [1.54, 1.807) is 0 Å². The van der Waals surface area contributed by atoms with Crippen LogP contribution in [0.2, 0.25) is 0 Å². The van der Waals surface area contributed by atoms with E-state index in [2.05, 4.69) is 12.6 Å². The molecular weight excluding hydrogens is 188 g/mol. The van der Waals surface area contributed by atoms with Crippen LogP contribution in [0.25, 0.3) is 0 Å². The number of halogens is 2. The SMILES string of the molecule is O=[N+]([O-])c1cc(F)c(S)cc1F. The fourth-order valence-electron chi connectivity index (χ4n) is 0.666. The van der Waals surface area contributed by atoms with Gasteiger partial charge in [-0.1, -0.05) is 0 Å². The van der Waals surface area contributed by atoms with E-state index in [-0.39, 0.29) is 4.90 Å². The lowest BCUT2D eigenvalue weighted by Gasteiger charge is -1.96. The van der Waals surface area contributed by atoms with Crippen molar-refractivity contribution in [1.29, 1.82) is 0 Å². The van der Waals surface area contributed by atoms with Gasteiger partial charge in [-0.2, -0.15) is 4.39 Å². The molecule has 0 aliphatic carbocycles. The van der Waals surface area contributed by atoms with Crippen LogP contribution in [0.15, 0.2) is 17.0 Å². The third-order valence-electron chi connectivity index (χ3n) is 1.21. The fourth-order valence-corrected chi connectivity index (χ4v) is 0.844. The Morgan fingerprint density at radius 1 is 1.33 bits per heavy atom. The molecule has 0 saturated carbocycles. The average molecular weight is 191 g/mol. The minimum absolute atomic E-state index is 0.252. The van der Waals surface area contributed by atoms with E-state index < -0.39 is 22.2 Å². The molecular formula is C6H3F2NO2S. The maximum atomic E-state index is 12.6. The fraction of sp³-hybridized carbons (Fsp3) is 0. The van der Waals surface area contributed by atoms with Crippen molar-refractivity contribution in [3.05, 3.63) is 33.9 Å². The number of thiol groups is 1. The van der Waals surface area contributed by atoms with Gasteiger partial charge in [-0.25, -0.2) is 4.39 Å². The summed E-state index contributed by atoms with van der Waals surface area (Å²) in [5.41, 5.74) is -0.884. The maximum absolute atomic E-state index is 12.6. The van der Waals surface area contributed by atoms with Crippen LogP contribution in [0.5, 0.6) is 0 Å². The van der Waals surface area contributed by atoms with E-state index >= 15 is 0 Å². The van der Waals surface area contributed by atoms with E-state index in [9.17, 15) is 18.9 Å². The highest BCUT2D eigenvalue weighted by Crippen LogP contribution is 2.22. The van der Waals surface area contributed by atoms with Gasteiger partial charge in [0.1, 0.15) is 5.82 Å². The van der Waals surface area contributed by atoms with Gasteiger partial charge < -0.3 is 0 Å².